The van der Waals surface area contributed by atoms with Crippen molar-refractivity contribution >= 4 is 0 Å². The number of pyridine rings is 1. The lowest BCUT2D eigenvalue weighted by molar-refractivity contribution is 0.625. The van der Waals surface area contributed by atoms with Crippen molar-refractivity contribution in [1.29, 1.82) is 0 Å². The molecule has 1 aliphatic heterocycles. The molecule has 0 aromatic carbocycles. The van der Waals surface area contributed by atoms with Crippen LogP contribution < -0.4 is 5.32 Å². The standard InChI is InChI=1S/C9H12N2/c1-7-2-3-8-4-5-10-6-9(8)11-7/h2-3,10H,4-6H2,1H3. The SMILES string of the molecule is Cc1ccc2c(n1)CNCC2. The summed E-state index contributed by atoms with van der Waals surface area (Å²) in [6.07, 6.45) is 1.13. The molecule has 0 saturated carbocycles. The first-order valence-corrected chi connectivity index (χ1v) is 4.02. The van der Waals surface area contributed by atoms with Crippen LogP contribution in [0, 0.1) is 6.92 Å². The molecular formula is C9H12N2. The van der Waals surface area contributed by atoms with Crippen molar-refractivity contribution in [3.05, 3.63) is 29.1 Å². The van der Waals surface area contributed by atoms with E-state index in [4.69, 9.17) is 0 Å². The molecular weight excluding hydrogens is 136 g/mol. The largest absolute Gasteiger partial charge is 0.311 e. The van der Waals surface area contributed by atoms with Gasteiger partial charge in [-0.1, -0.05) is 6.07 Å². The summed E-state index contributed by atoms with van der Waals surface area (Å²) in [4.78, 5) is 4.45. The molecule has 2 heteroatoms. The van der Waals surface area contributed by atoms with E-state index >= 15 is 0 Å². The minimum absolute atomic E-state index is 0.941. The molecule has 1 aromatic rings. The Hall–Kier alpha value is -0.890. The topological polar surface area (TPSA) is 24.9 Å². The van der Waals surface area contributed by atoms with E-state index in [-0.39, 0.29) is 0 Å². The van der Waals surface area contributed by atoms with Gasteiger partial charge in [0.25, 0.3) is 0 Å². The van der Waals surface area contributed by atoms with Crippen LogP contribution in [-0.4, -0.2) is 11.5 Å². The van der Waals surface area contributed by atoms with Gasteiger partial charge < -0.3 is 5.32 Å². The van der Waals surface area contributed by atoms with Gasteiger partial charge in [0.05, 0.1) is 5.69 Å². The first kappa shape index (κ1) is 6.80. The van der Waals surface area contributed by atoms with E-state index in [9.17, 15) is 0 Å². The summed E-state index contributed by atoms with van der Waals surface area (Å²) in [6, 6.07) is 4.28. The Morgan fingerprint density at radius 2 is 2.36 bits per heavy atom. The second-order valence-electron chi connectivity index (χ2n) is 2.99. The fourth-order valence-corrected chi connectivity index (χ4v) is 1.45. The predicted molar refractivity (Wildman–Crippen MR) is 44.4 cm³/mol. The Morgan fingerprint density at radius 1 is 1.45 bits per heavy atom. The molecule has 0 saturated heterocycles. The highest BCUT2D eigenvalue weighted by molar-refractivity contribution is 5.24. The molecule has 0 bridgehead atoms. The van der Waals surface area contributed by atoms with Crippen LogP contribution in [0.25, 0.3) is 0 Å². The van der Waals surface area contributed by atoms with Crippen LogP contribution in [0.2, 0.25) is 0 Å². The van der Waals surface area contributed by atoms with Crippen molar-refractivity contribution in [2.75, 3.05) is 6.54 Å². The maximum atomic E-state index is 4.45. The average molecular weight is 148 g/mol. The second-order valence-corrected chi connectivity index (χ2v) is 2.99. The van der Waals surface area contributed by atoms with Gasteiger partial charge in [-0.25, -0.2) is 0 Å². The van der Waals surface area contributed by atoms with E-state index in [0.29, 0.717) is 0 Å². The van der Waals surface area contributed by atoms with Crippen LogP contribution in [-0.2, 0) is 13.0 Å². The smallest absolute Gasteiger partial charge is 0.0577 e. The molecule has 1 N–H and O–H groups in total. The number of nitrogens with one attached hydrogen (secondary N) is 1. The maximum absolute atomic E-state index is 4.45. The third kappa shape index (κ3) is 1.26. The number of aryl methyl sites for hydroxylation is 1. The third-order valence-corrected chi connectivity index (χ3v) is 2.07. The Labute approximate surface area is 66.7 Å². The average Bonchev–Trinajstić information content (AvgIpc) is 2.04. The van der Waals surface area contributed by atoms with E-state index in [1.54, 1.807) is 0 Å². The Bertz CT molecular complexity index is 268. The lowest BCUT2D eigenvalue weighted by atomic mass is 10.1. The molecule has 58 valence electrons. The Kier molecular flexibility index (Phi) is 1.62. The maximum Gasteiger partial charge on any atom is 0.0577 e. The van der Waals surface area contributed by atoms with Crippen molar-refractivity contribution < 1.29 is 0 Å². The van der Waals surface area contributed by atoms with Crippen molar-refractivity contribution in [2.45, 2.75) is 19.9 Å². The summed E-state index contributed by atoms with van der Waals surface area (Å²) in [5.41, 5.74) is 3.76. The normalized spacial score (nSPS) is 16.1. The van der Waals surface area contributed by atoms with Crippen molar-refractivity contribution in [2.24, 2.45) is 0 Å². The van der Waals surface area contributed by atoms with Gasteiger partial charge in [-0.15, -0.1) is 0 Å². The van der Waals surface area contributed by atoms with Gasteiger partial charge in [-0.3, -0.25) is 4.98 Å². The van der Waals surface area contributed by atoms with Crippen LogP contribution in [0.15, 0.2) is 12.1 Å². The van der Waals surface area contributed by atoms with Crippen molar-refractivity contribution in [3.8, 4) is 0 Å². The van der Waals surface area contributed by atoms with E-state index in [2.05, 4.69) is 22.4 Å². The molecule has 11 heavy (non-hydrogen) atoms. The molecule has 2 rings (SSSR count). The molecule has 0 unspecified atom stereocenters. The van der Waals surface area contributed by atoms with E-state index in [1.165, 1.54) is 11.3 Å². The minimum atomic E-state index is 0.941. The van der Waals surface area contributed by atoms with Crippen LogP contribution in [0.1, 0.15) is 17.0 Å². The first-order chi connectivity index (χ1) is 5.36. The summed E-state index contributed by atoms with van der Waals surface area (Å²) in [6.45, 7) is 4.07. The van der Waals surface area contributed by atoms with Crippen LogP contribution in [0.4, 0.5) is 0 Å². The Morgan fingerprint density at radius 3 is 3.27 bits per heavy atom. The fourth-order valence-electron chi connectivity index (χ4n) is 1.45. The molecule has 0 spiro atoms. The van der Waals surface area contributed by atoms with E-state index < -0.39 is 0 Å². The number of hydrogen-bond acceptors (Lipinski definition) is 2. The molecule has 0 amide bonds. The summed E-state index contributed by atoms with van der Waals surface area (Å²) in [5.74, 6) is 0. The van der Waals surface area contributed by atoms with Gasteiger partial charge in [0.15, 0.2) is 0 Å². The van der Waals surface area contributed by atoms with Gasteiger partial charge in [0, 0.05) is 12.2 Å². The van der Waals surface area contributed by atoms with Gasteiger partial charge in [-0.05, 0) is 31.5 Å². The molecule has 1 aliphatic rings. The number of nitrogens with zero attached hydrogens (tertiary/aromatic N) is 1. The summed E-state index contributed by atoms with van der Waals surface area (Å²) in [7, 11) is 0. The molecule has 2 heterocycles. The minimum Gasteiger partial charge on any atom is -0.311 e. The highest BCUT2D eigenvalue weighted by Crippen LogP contribution is 2.11. The monoisotopic (exact) mass is 148 g/mol. The summed E-state index contributed by atoms with van der Waals surface area (Å²) >= 11 is 0. The lowest BCUT2D eigenvalue weighted by Gasteiger charge is -2.15. The molecule has 0 fully saturated rings. The lowest BCUT2D eigenvalue weighted by Crippen LogP contribution is -2.24. The molecule has 1 aromatic heterocycles. The van der Waals surface area contributed by atoms with Crippen molar-refractivity contribution in [1.82, 2.24) is 10.3 Å². The van der Waals surface area contributed by atoms with Gasteiger partial charge >= 0.3 is 0 Å². The highest BCUT2D eigenvalue weighted by Gasteiger charge is 2.08. The van der Waals surface area contributed by atoms with Gasteiger partial charge in [0.1, 0.15) is 0 Å². The number of aromatic nitrogens is 1. The zero-order chi connectivity index (χ0) is 7.68. The highest BCUT2D eigenvalue weighted by atomic mass is 14.9. The quantitative estimate of drug-likeness (QED) is 0.594. The number of hydrogen-bond donors (Lipinski definition) is 1. The van der Waals surface area contributed by atoms with E-state index in [0.717, 1.165) is 25.2 Å². The Balaban J connectivity index is 2.43. The fraction of sp³-hybridized carbons (Fsp3) is 0.444. The van der Waals surface area contributed by atoms with Crippen LogP contribution in [0.5, 0.6) is 0 Å². The van der Waals surface area contributed by atoms with Crippen LogP contribution in [0.3, 0.4) is 0 Å². The second kappa shape index (κ2) is 2.62. The zero-order valence-corrected chi connectivity index (χ0v) is 6.72. The van der Waals surface area contributed by atoms with Gasteiger partial charge in [0.2, 0.25) is 0 Å². The first-order valence-electron chi connectivity index (χ1n) is 4.02. The predicted octanol–water partition coefficient (Wildman–Crippen LogP) is 1.04. The number of fused-ring (bicyclic) bond motifs is 1. The van der Waals surface area contributed by atoms with Crippen molar-refractivity contribution in [3.63, 3.8) is 0 Å². The zero-order valence-electron chi connectivity index (χ0n) is 6.72. The molecule has 0 aliphatic carbocycles. The van der Waals surface area contributed by atoms with Crippen LogP contribution >= 0.6 is 0 Å². The summed E-state index contributed by atoms with van der Waals surface area (Å²) in [5, 5.41) is 3.31. The number of rotatable bonds is 0. The molecule has 0 radical (unpaired) electrons. The van der Waals surface area contributed by atoms with E-state index in [1.807, 2.05) is 6.92 Å². The summed E-state index contributed by atoms with van der Waals surface area (Å²) < 4.78 is 0. The van der Waals surface area contributed by atoms with Gasteiger partial charge in [-0.2, -0.15) is 0 Å². The third-order valence-electron chi connectivity index (χ3n) is 2.07. The molecule has 0 atom stereocenters. The molecule has 2 nitrogen and oxygen atoms in total.